The standard InChI is InChI=1S/C7H15NO3/c1-4(6(3)9)8-5(2)7(10)11/h4-6,8-9H,1-3H3,(H,10,11). The Morgan fingerprint density at radius 2 is 1.82 bits per heavy atom. The molecule has 0 amide bonds. The van der Waals surface area contributed by atoms with Gasteiger partial charge in [-0.05, 0) is 20.8 Å². The molecule has 0 aliphatic carbocycles. The summed E-state index contributed by atoms with van der Waals surface area (Å²) in [5.41, 5.74) is 0. The number of aliphatic hydroxyl groups excluding tert-OH is 1. The Balaban J connectivity index is 3.75. The van der Waals surface area contributed by atoms with Gasteiger partial charge in [-0.15, -0.1) is 0 Å². The largest absolute Gasteiger partial charge is 0.480 e. The van der Waals surface area contributed by atoms with Gasteiger partial charge in [0, 0.05) is 6.04 Å². The van der Waals surface area contributed by atoms with E-state index in [-0.39, 0.29) is 6.04 Å². The van der Waals surface area contributed by atoms with E-state index in [0.717, 1.165) is 0 Å². The molecule has 0 radical (unpaired) electrons. The van der Waals surface area contributed by atoms with Crippen LogP contribution in [0.1, 0.15) is 20.8 Å². The van der Waals surface area contributed by atoms with E-state index in [1.807, 2.05) is 0 Å². The molecule has 0 aromatic rings. The van der Waals surface area contributed by atoms with Crippen LogP contribution in [0, 0.1) is 0 Å². The molecule has 66 valence electrons. The summed E-state index contributed by atoms with van der Waals surface area (Å²) in [6.07, 6.45) is -0.531. The monoisotopic (exact) mass is 161 g/mol. The first-order valence-corrected chi connectivity index (χ1v) is 3.62. The van der Waals surface area contributed by atoms with Crippen LogP contribution in [0.2, 0.25) is 0 Å². The van der Waals surface area contributed by atoms with Crippen molar-refractivity contribution in [2.45, 2.75) is 39.0 Å². The Hall–Kier alpha value is -0.610. The lowest BCUT2D eigenvalue weighted by atomic mass is 10.2. The number of carboxylic acids is 1. The van der Waals surface area contributed by atoms with E-state index in [1.165, 1.54) is 0 Å². The summed E-state index contributed by atoms with van der Waals surface area (Å²) >= 11 is 0. The Morgan fingerprint density at radius 3 is 2.09 bits per heavy atom. The highest BCUT2D eigenvalue weighted by molar-refractivity contribution is 5.72. The summed E-state index contributed by atoms with van der Waals surface area (Å²) in [6.45, 7) is 4.90. The zero-order chi connectivity index (χ0) is 9.02. The van der Waals surface area contributed by atoms with Crippen LogP contribution in [0.25, 0.3) is 0 Å². The molecule has 3 unspecified atom stereocenters. The number of aliphatic carboxylic acids is 1. The Morgan fingerprint density at radius 1 is 1.36 bits per heavy atom. The van der Waals surface area contributed by atoms with Gasteiger partial charge in [0.2, 0.25) is 0 Å². The summed E-state index contributed by atoms with van der Waals surface area (Å²) in [5, 5.41) is 20.2. The summed E-state index contributed by atoms with van der Waals surface area (Å²) in [4.78, 5) is 10.3. The maximum Gasteiger partial charge on any atom is 0.320 e. The Kier molecular flexibility index (Phi) is 4.07. The van der Waals surface area contributed by atoms with Gasteiger partial charge in [0.05, 0.1) is 6.10 Å². The van der Waals surface area contributed by atoms with Gasteiger partial charge in [-0.2, -0.15) is 0 Å². The number of carboxylic acid groups (broad SMARTS) is 1. The zero-order valence-corrected chi connectivity index (χ0v) is 7.03. The van der Waals surface area contributed by atoms with Gasteiger partial charge in [0.1, 0.15) is 6.04 Å². The maximum absolute atomic E-state index is 10.3. The molecule has 0 spiro atoms. The second-order valence-corrected chi connectivity index (χ2v) is 2.76. The highest BCUT2D eigenvalue weighted by atomic mass is 16.4. The SMILES string of the molecule is CC(NC(C)C(C)O)C(=O)O. The fourth-order valence-electron chi connectivity index (χ4n) is 0.605. The first kappa shape index (κ1) is 10.4. The van der Waals surface area contributed by atoms with Crippen molar-refractivity contribution < 1.29 is 15.0 Å². The summed E-state index contributed by atoms with van der Waals surface area (Å²) in [6, 6.07) is -0.805. The normalized spacial score (nSPS) is 18.9. The number of hydrogen-bond acceptors (Lipinski definition) is 3. The molecule has 0 aromatic heterocycles. The highest BCUT2D eigenvalue weighted by Gasteiger charge is 2.16. The second-order valence-electron chi connectivity index (χ2n) is 2.76. The predicted octanol–water partition coefficient (Wildman–Crippen LogP) is -0.182. The van der Waals surface area contributed by atoms with E-state index in [0.29, 0.717) is 0 Å². The molecule has 0 fully saturated rings. The number of carbonyl (C=O) groups is 1. The molecule has 11 heavy (non-hydrogen) atoms. The van der Waals surface area contributed by atoms with E-state index >= 15 is 0 Å². The van der Waals surface area contributed by atoms with Gasteiger partial charge in [-0.25, -0.2) is 0 Å². The lowest BCUT2D eigenvalue weighted by Gasteiger charge is -2.19. The van der Waals surface area contributed by atoms with E-state index in [9.17, 15) is 4.79 Å². The van der Waals surface area contributed by atoms with Gasteiger partial charge in [0.15, 0.2) is 0 Å². The van der Waals surface area contributed by atoms with E-state index in [1.54, 1.807) is 20.8 Å². The molecule has 0 saturated heterocycles. The van der Waals surface area contributed by atoms with Gasteiger partial charge in [-0.1, -0.05) is 0 Å². The summed E-state index contributed by atoms with van der Waals surface area (Å²) in [7, 11) is 0. The number of hydrogen-bond donors (Lipinski definition) is 3. The smallest absolute Gasteiger partial charge is 0.320 e. The van der Waals surface area contributed by atoms with Crippen LogP contribution in [0.15, 0.2) is 0 Å². The van der Waals surface area contributed by atoms with Crippen molar-refractivity contribution in [3.05, 3.63) is 0 Å². The van der Waals surface area contributed by atoms with Gasteiger partial charge in [0.25, 0.3) is 0 Å². The molecule has 0 saturated carbocycles. The maximum atomic E-state index is 10.3. The third kappa shape index (κ3) is 3.95. The molecule has 0 aromatic carbocycles. The quantitative estimate of drug-likeness (QED) is 0.535. The van der Waals surface area contributed by atoms with Crippen LogP contribution >= 0.6 is 0 Å². The zero-order valence-electron chi connectivity index (χ0n) is 7.03. The summed E-state index contributed by atoms with van der Waals surface area (Å²) < 4.78 is 0. The van der Waals surface area contributed by atoms with Gasteiger partial charge in [-0.3, -0.25) is 10.1 Å². The van der Waals surface area contributed by atoms with Gasteiger partial charge < -0.3 is 10.2 Å². The van der Waals surface area contributed by atoms with Crippen molar-refractivity contribution in [2.75, 3.05) is 0 Å². The molecule has 0 aliphatic rings. The van der Waals surface area contributed by atoms with Crippen LogP contribution in [-0.4, -0.2) is 34.4 Å². The van der Waals surface area contributed by atoms with Crippen LogP contribution in [0.5, 0.6) is 0 Å². The fourth-order valence-corrected chi connectivity index (χ4v) is 0.605. The topological polar surface area (TPSA) is 69.6 Å². The molecular formula is C7H15NO3. The highest BCUT2D eigenvalue weighted by Crippen LogP contribution is 1.93. The minimum absolute atomic E-state index is 0.193. The molecule has 3 N–H and O–H groups in total. The third-order valence-corrected chi connectivity index (χ3v) is 1.61. The fraction of sp³-hybridized carbons (Fsp3) is 0.857. The molecule has 0 heterocycles. The molecule has 0 bridgehead atoms. The van der Waals surface area contributed by atoms with Crippen molar-refractivity contribution >= 4 is 5.97 Å². The van der Waals surface area contributed by atoms with Gasteiger partial charge >= 0.3 is 5.97 Å². The molecule has 0 rings (SSSR count). The van der Waals surface area contributed by atoms with Crippen LogP contribution in [0.3, 0.4) is 0 Å². The van der Waals surface area contributed by atoms with Crippen LogP contribution in [-0.2, 0) is 4.79 Å². The average molecular weight is 161 g/mol. The first-order valence-electron chi connectivity index (χ1n) is 3.62. The molecule has 3 atom stereocenters. The van der Waals surface area contributed by atoms with E-state index < -0.39 is 18.1 Å². The van der Waals surface area contributed by atoms with E-state index in [4.69, 9.17) is 10.2 Å². The minimum atomic E-state index is -0.905. The Labute approximate surface area is 66.2 Å². The molecule has 4 heteroatoms. The average Bonchev–Trinajstić information content (AvgIpc) is 1.87. The molecule has 0 aliphatic heterocycles. The van der Waals surface area contributed by atoms with E-state index in [2.05, 4.69) is 5.32 Å². The van der Waals surface area contributed by atoms with Crippen molar-refractivity contribution in [3.8, 4) is 0 Å². The minimum Gasteiger partial charge on any atom is -0.480 e. The number of rotatable bonds is 4. The first-order chi connectivity index (χ1) is 4.95. The van der Waals surface area contributed by atoms with Crippen molar-refractivity contribution in [1.29, 1.82) is 0 Å². The van der Waals surface area contributed by atoms with Crippen molar-refractivity contribution in [2.24, 2.45) is 0 Å². The van der Waals surface area contributed by atoms with Crippen LogP contribution < -0.4 is 5.32 Å². The van der Waals surface area contributed by atoms with Crippen molar-refractivity contribution in [1.82, 2.24) is 5.32 Å². The van der Waals surface area contributed by atoms with Crippen molar-refractivity contribution in [3.63, 3.8) is 0 Å². The molecule has 4 nitrogen and oxygen atoms in total. The second kappa shape index (κ2) is 4.31. The molecular weight excluding hydrogens is 146 g/mol. The number of nitrogens with one attached hydrogen (secondary N) is 1. The third-order valence-electron chi connectivity index (χ3n) is 1.61. The lowest BCUT2D eigenvalue weighted by Crippen LogP contribution is -2.44. The number of aliphatic hydroxyl groups is 1. The predicted molar refractivity (Wildman–Crippen MR) is 41.4 cm³/mol. The summed E-state index contributed by atoms with van der Waals surface area (Å²) in [5.74, 6) is -0.905. The van der Waals surface area contributed by atoms with Crippen LogP contribution in [0.4, 0.5) is 0 Å². The Bertz CT molecular complexity index is 136. The lowest BCUT2D eigenvalue weighted by molar-refractivity contribution is -0.139.